The standard InChI is InChI=1S/C18H23N3O2/c1-10(2)9-20-13-7-14-15(8-13)17(14)18(20)19-16-5-4-12(21(22)23)6-11(16)3/h4-6,10,13-15,17H,7-9H2,1-3H3. The molecule has 5 nitrogen and oxygen atoms in total. The van der Waals surface area contributed by atoms with Gasteiger partial charge < -0.3 is 4.90 Å². The second kappa shape index (κ2) is 5.05. The topological polar surface area (TPSA) is 58.7 Å². The van der Waals surface area contributed by atoms with Gasteiger partial charge in [-0.2, -0.15) is 0 Å². The van der Waals surface area contributed by atoms with Crippen LogP contribution >= 0.6 is 0 Å². The van der Waals surface area contributed by atoms with Gasteiger partial charge in [-0.05, 0) is 49.1 Å². The van der Waals surface area contributed by atoms with Crippen molar-refractivity contribution >= 4 is 17.2 Å². The van der Waals surface area contributed by atoms with E-state index in [9.17, 15) is 10.1 Å². The predicted octanol–water partition coefficient (Wildman–Crippen LogP) is 3.93. The molecule has 23 heavy (non-hydrogen) atoms. The molecule has 2 saturated heterocycles. The number of aryl methyl sites for hydroxylation is 1. The number of non-ortho nitro benzene ring substituents is 1. The second-order valence-electron chi connectivity index (χ2n) is 7.72. The van der Waals surface area contributed by atoms with E-state index in [-0.39, 0.29) is 10.6 Å². The van der Waals surface area contributed by atoms with Gasteiger partial charge in [0, 0.05) is 30.6 Å². The zero-order chi connectivity index (χ0) is 16.3. The van der Waals surface area contributed by atoms with Crippen molar-refractivity contribution in [3.05, 3.63) is 33.9 Å². The van der Waals surface area contributed by atoms with E-state index >= 15 is 0 Å². The average Bonchev–Trinajstić information content (AvgIpc) is 3.01. The lowest BCUT2D eigenvalue weighted by Crippen LogP contribution is -2.48. The number of hydrogen-bond acceptors (Lipinski definition) is 3. The van der Waals surface area contributed by atoms with Crippen LogP contribution in [0.25, 0.3) is 0 Å². The summed E-state index contributed by atoms with van der Waals surface area (Å²) >= 11 is 0. The van der Waals surface area contributed by atoms with E-state index in [1.54, 1.807) is 18.2 Å². The summed E-state index contributed by atoms with van der Waals surface area (Å²) in [7, 11) is 0. The number of nitro groups is 1. The number of amidine groups is 1. The number of aliphatic imine (C=N–C) groups is 1. The van der Waals surface area contributed by atoms with Crippen molar-refractivity contribution in [1.82, 2.24) is 4.90 Å². The summed E-state index contributed by atoms with van der Waals surface area (Å²) in [6.07, 6.45) is 2.67. The third-order valence-electron chi connectivity index (χ3n) is 5.64. The molecule has 122 valence electrons. The van der Waals surface area contributed by atoms with Crippen molar-refractivity contribution < 1.29 is 4.92 Å². The third-order valence-corrected chi connectivity index (χ3v) is 5.64. The van der Waals surface area contributed by atoms with E-state index in [2.05, 4.69) is 18.7 Å². The highest BCUT2D eigenvalue weighted by atomic mass is 16.6. The lowest BCUT2D eigenvalue weighted by atomic mass is 9.96. The zero-order valence-electron chi connectivity index (χ0n) is 13.9. The van der Waals surface area contributed by atoms with Crippen molar-refractivity contribution in [2.24, 2.45) is 28.7 Å². The molecule has 2 atom stereocenters. The number of nitro benzene ring substituents is 1. The largest absolute Gasteiger partial charge is 0.357 e. The molecule has 0 amide bonds. The first-order valence-electron chi connectivity index (χ1n) is 8.56. The van der Waals surface area contributed by atoms with E-state index in [1.807, 2.05) is 6.92 Å². The maximum absolute atomic E-state index is 10.9. The van der Waals surface area contributed by atoms with Crippen molar-refractivity contribution in [3.8, 4) is 0 Å². The Balaban J connectivity index is 1.67. The van der Waals surface area contributed by atoms with Crippen LogP contribution in [0.2, 0.25) is 0 Å². The summed E-state index contributed by atoms with van der Waals surface area (Å²) in [4.78, 5) is 18.1. The second-order valence-corrected chi connectivity index (χ2v) is 7.72. The van der Waals surface area contributed by atoms with E-state index in [0.29, 0.717) is 17.9 Å². The van der Waals surface area contributed by atoms with Gasteiger partial charge in [0.25, 0.3) is 5.69 Å². The minimum atomic E-state index is -0.346. The molecule has 2 unspecified atom stereocenters. The molecule has 0 N–H and O–H groups in total. The zero-order valence-corrected chi connectivity index (χ0v) is 13.9. The van der Waals surface area contributed by atoms with Crippen LogP contribution in [0.4, 0.5) is 11.4 Å². The van der Waals surface area contributed by atoms with Crippen molar-refractivity contribution in [2.75, 3.05) is 6.54 Å². The van der Waals surface area contributed by atoms with Crippen molar-refractivity contribution in [2.45, 2.75) is 39.7 Å². The lowest BCUT2D eigenvalue weighted by Gasteiger charge is -2.40. The van der Waals surface area contributed by atoms with Gasteiger partial charge in [0.2, 0.25) is 0 Å². The van der Waals surface area contributed by atoms with Crippen LogP contribution in [0.1, 0.15) is 32.3 Å². The minimum absolute atomic E-state index is 0.140. The third kappa shape index (κ3) is 2.33. The van der Waals surface area contributed by atoms with Crippen molar-refractivity contribution in [3.63, 3.8) is 0 Å². The number of fused-ring (bicyclic) bond motifs is 1. The van der Waals surface area contributed by atoms with E-state index in [0.717, 1.165) is 29.6 Å². The fraction of sp³-hybridized carbons (Fsp3) is 0.611. The Labute approximate surface area is 136 Å². The first-order chi connectivity index (χ1) is 11.0. The molecule has 1 aromatic carbocycles. The fourth-order valence-corrected chi connectivity index (χ4v) is 4.61. The highest BCUT2D eigenvalue weighted by Crippen LogP contribution is 2.63. The predicted molar refractivity (Wildman–Crippen MR) is 90.0 cm³/mol. The number of rotatable bonds is 4. The molecule has 2 aliphatic heterocycles. The molecule has 0 aromatic heterocycles. The average molecular weight is 313 g/mol. The first kappa shape index (κ1) is 14.7. The van der Waals surface area contributed by atoms with Crippen LogP contribution < -0.4 is 0 Å². The SMILES string of the molecule is Cc1cc([N+](=O)[O-])ccc1N=C1C2C3CC(CC32)N1CC(C)C. The summed E-state index contributed by atoms with van der Waals surface area (Å²) in [5, 5.41) is 10.9. The van der Waals surface area contributed by atoms with Gasteiger partial charge in [-0.15, -0.1) is 0 Å². The van der Waals surface area contributed by atoms with E-state index in [4.69, 9.17) is 4.99 Å². The maximum atomic E-state index is 10.9. The molecular formula is C18H23N3O2. The Morgan fingerprint density at radius 3 is 2.61 bits per heavy atom. The molecule has 4 bridgehead atoms. The molecule has 5 rings (SSSR count). The van der Waals surface area contributed by atoms with Gasteiger partial charge in [-0.1, -0.05) is 13.8 Å². The molecule has 1 aromatic rings. The minimum Gasteiger partial charge on any atom is -0.357 e. The summed E-state index contributed by atoms with van der Waals surface area (Å²) in [6.45, 7) is 7.48. The molecule has 4 aliphatic rings. The van der Waals surface area contributed by atoms with Gasteiger partial charge in [-0.3, -0.25) is 10.1 Å². The van der Waals surface area contributed by atoms with Crippen molar-refractivity contribution in [1.29, 1.82) is 0 Å². The van der Waals surface area contributed by atoms with Gasteiger partial charge in [0.15, 0.2) is 0 Å². The Hall–Kier alpha value is -1.91. The number of benzene rings is 1. The Kier molecular flexibility index (Phi) is 3.22. The van der Waals surface area contributed by atoms with Gasteiger partial charge in [0.1, 0.15) is 5.84 Å². The molecule has 2 saturated carbocycles. The summed E-state index contributed by atoms with van der Waals surface area (Å²) in [5.41, 5.74) is 1.90. The quantitative estimate of drug-likeness (QED) is 0.625. The highest BCUT2D eigenvalue weighted by Gasteiger charge is 2.64. The molecule has 4 fully saturated rings. The summed E-state index contributed by atoms with van der Waals surface area (Å²) in [5.74, 6) is 4.19. The van der Waals surface area contributed by atoms with Gasteiger partial charge in [0.05, 0.1) is 10.6 Å². The van der Waals surface area contributed by atoms with Crippen LogP contribution in [-0.2, 0) is 0 Å². The van der Waals surface area contributed by atoms with Crippen LogP contribution in [0.5, 0.6) is 0 Å². The Bertz CT molecular complexity index is 686. The van der Waals surface area contributed by atoms with E-state index in [1.165, 1.54) is 18.7 Å². The molecule has 2 aliphatic carbocycles. The number of hydrogen-bond donors (Lipinski definition) is 0. The normalized spacial score (nSPS) is 32.7. The number of nitrogens with zero attached hydrogens (tertiary/aromatic N) is 3. The molecular weight excluding hydrogens is 290 g/mol. The summed E-state index contributed by atoms with van der Waals surface area (Å²) < 4.78 is 0. The first-order valence-corrected chi connectivity index (χ1v) is 8.56. The van der Waals surface area contributed by atoms with Crippen LogP contribution in [0, 0.1) is 40.7 Å². The van der Waals surface area contributed by atoms with Gasteiger partial charge in [-0.25, -0.2) is 4.99 Å². The van der Waals surface area contributed by atoms with Crippen LogP contribution in [0.15, 0.2) is 23.2 Å². The van der Waals surface area contributed by atoms with E-state index < -0.39 is 0 Å². The molecule has 2 heterocycles. The number of piperidine rings is 2. The molecule has 0 spiro atoms. The monoisotopic (exact) mass is 313 g/mol. The smallest absolute Gasteiger partial charge is 0.269 e. The van der Waals surface area contributed by atoms with Crippen LogP contribution in [0.3, 0.4) is 0 Å². The summed E-state index contributed by atoms with van der Waals surface area (Å²) in [6, 6.07) is 5.65. The molecule has 0 radical (unpaired) electrons. The Morgan fingerprint density at radius 1 is 1.35 bits per heavy atom. The van der Waals surface area contributed by atoms with Gasteiger partial charge >= 0.3 is 0 Å². The fourth-order valence-electron chi connectivity index (χ4n) is 4.61. The lowest BCUT2D eigenvalue weighted by molar-refractivity contribution is -0.384. The maximum Gasteiger partial charge on any atom is 0.269 e. The highest BCUT2D eigenvalue weighted by molar-refractivity contribution is 5.92. The molecule has 5 heteroatoms. The van der Waals surface area contributed by atoms with Crippen LogP contribution in [-0.4, -0.2) is 28.2 Å². The Morgan fingerprint density at radius 2 is 2.04 bits per heavy atom.